The van der Waals surface area contributed by atoms with Crippen molar-refractivity contribution < 1.29 is 9.47 Å². The van der Waals surface area contributed by atoms with Crippen LogP contribution in [0.1, 0.15) is 20.8 Å². The minimum Gasteiger partial charge on any atom is -0.483 e. The van der Waals surface area contributed by atoms with Gasteiger partial charge in [-0.15, -0.1) is 0 Å². The summed E-state index contributed by atoms with van der Waals surface area (Å²) in [4.78, 5) is 4.61. The second-order valence-electron chi connectivity index (χ2n) is 5.61. The van der Waals surface area contributed by atoms with Crippen LogP contribution in [0.15, 0.2) is 28.3 Å². The van der Waals surface area contributed by atoms with Crippen molar-refractivity contribution in [1.29, 1.82) is 10.5 Å². The normalized spacial score (nSPS) is 44.7. The number of nitrogens with zero attached hydrogens (tertiary/aromatic N) is 3. The Hall–Kier alpha value is -2.11. The monoisotopic (exact) mass is 269 g/mol. The standard InChI is InChI=1S/C15H15N3O2/c1-9-10(2)15(8-17)11-5-6-14(7-16,20-11)13(9,3)18-12(15)19-4/h5-6,11H,1-4H3/t11-,13-,14-,15+/m0/s1. The molecule has 5 heteroatoms. The largest absolute Gasteiger partial charge is 0.483 e. The Balaban J connectivity index is 2.43. The van der Waals surface area contributed by atoms with Gasteiger partial charge in [0.25, 0.3) is 0 Å². The first-order chi connectivity index (χ1) is 9.41. The number of dihydropyridines is 1. The summed E-state index contributed by atoms with van der Waals surface area (Å²) < 4.78 is 11.4. The molecule has 0 saturated heterocycles. The zero-order chi connectivity index (χ0) is 14.8. The highest BCUT2D eigenvalue weighted by atomic mass is 16.5. The fraction of sp³-hybridized carbons (Fsp3) is 0.533. The van der Waals surface area contributed by atoms with Crippen molar-refractivity contribution in [2.24, 2.45) is 10.4 Å². The summed E-state index contributed by atoms with van der Waals surface area (Å²) in [6, 6.07) is 4.55. The van der Waals surface area contributed by atoms with Crippen molar-refractivity contribution in [1.82, 2.24) is 0 Å². The van der Waals surface area contributed by atoms with E-state index in [4.69, 9.17) is 9.47 Å². The SMILES string of the molecule is COC1=N[C@@]2(C)C(C)=C(C)[C@]1(C#N)[C@@H]1C=C[C@@]2(C#N)O1. The number of rotatable bonds is 0. The van der Waals surface area contributed by atoms with E-state index in [1.165, 1.54) is 7.11 Å². The molecule has 5 nitrogen and oxygen atoms in total. The molecule has 4 rings (SSSR count). The highest BCUT2D eigenvalue weighted by Crippen LogP contribution is 2.56. The number of methoxy groups -OCH3 is 1. The fourth-order valence-electron chi connectivity index (χ4n) is 3.48. The molecule has 4 aliphatic heterocycles. The van der Waals surface area contributed by atoms with Crippen LogP contribution in [-0.4, -0.2) is 30.3 Å². The molecule has 0 saturated carbocycles. The zero-order valence-corrected chi connectivity index (χ0v) is 11.9. The molecule has 0 radical (unpaired) electrons. The molecule has 0 aromatic rings. The fourth-order valence-corrected chi connectivity index (χ4v) is 3.48. The minimum atomic E-state index is -1.18. The highest BCUT2D eigenvalue weighted by molar-refractivity contribution is 5.93. The first-order valence-electron chi connectivity index (χ1n) is 6.44. The van der Waals surface area contributed by atoms with Gasteiger partial charge in [-0.05, 0) is 38.0 Å². The maximum absolute atomic E-state index is 9.80. The van der Waals surface area contributed by atoms with E-state index in [-0.39, 0.29) is 0 Å². The van der Waals surface area contributed by atoms with Crippen LogP contribution in [0.3, 0.4) is 0 Å². The van der Waals surface area contributed by atoms with Crippen LogP contribution in [0.25, 0.3) is 0 Å². The van der Waals surface area contributed by atoms with Crippen LogP contribution in [0, 0.1) is 28.1 Å². The first kappa shape index (κ1) is 12.9. The summed E-state index contributed by atoms with van der Waals surface area (Å²) in [6.45, 7) is 5.66. The van der Waals surface area contributed by atoms with Gasteiger partial charge in [0.2, 0.25) is 11.5 Å². The maximum Gasteiger partial charge on any atom is 0.212 e. The van der Waals surface area contributed by atoms with Crippen LogP contribution in [-0.2, 0) is 9.47 Å². The van der Waals surface area contributed by atoms with Gasteiger partial charge < -0.3 is 9.47 Å². The van der Waals surface area contributed by atoms with E-state index in [1.54, 1.807) is 12.2 Å². The van der Waals surface area contributed by atoms with Crippen LogP contribution < -0.4 is 0 Å². The van der Waals surface area contributed by atoms with Gasteiger partial charge in [0.05, 0.1) is 13.2 Å². The third-order valence-electron chi connectivity index (χ3n) is 5.05. The summed E-state index contributed by atoms with van der Waals surface area (Å²) in [5.74, 6) is 0.331. The molecule has 0 unspecified atom stereocenters. The molecule has 0 spiro atoms. The molecule has 0 amide bonds. The Bertz CT molecular complexity index is 678. The molecule has 0 aromatic heterocycles. The average Bonchev–Trinajstić information content (AvgIpc) is 2.86. The number of hydrogen-bond donors (Lipinski definition) is 0. The molecule has 4 heterocycles. The van der Waals surface area contributed by atoms with Gasteiger partial charge in [0.1, 0.15) is 17.7 Å². The van der Waals surface area contributed by atoms with Crippen LogP contribution in [0.5, 0.6) is 0 Å². The predicted octanol–water partition coefficient (Wildman–Crippen LogP) is 1.88. The molecule has 4 atom stereocenters. The van der Waals surface area contributed by atoms with E-state index in [0.717, 1.165) is 11.1 Å². The number of nitriles is 2. The Morgan fingerprint density at radius 2 is 2.00 bits per heavy atom. The summed E-state index contributed by atoms with van der Waals surface area (Å²) in [7, 11) is 1.50. The lowest BCUT2D eigenvalue weighted by Crippen LogP contribution is -2.51. The molecule has 0 fully saturated rings. The lowest BCUT2D eigenvalue weighted by Gasteiger charge is -2.41. The van der Waals surface area contributed by atoms with Crippen molar-refractivity contribution in [2.75, 3.05) is 7.11 Å². The van der Waals surface area contributed by atoms with Crippen molar-refractivity contribution >= 4 is 5.90 Å². The lowest BCUT2D eigenvalue weighted by molar-refractivity contribution is -0.0244. The summed E-state index contributed by atoms with van der Waals surface area (Å²) >= 11 is 0. The third-order valence-corrected chi connectivity index (χ3v) is 5.05. The van der Waals surface area contributed by atoms with Crippen molar-refractivity contribution in [3.63, 3.8) is 0 Å². The van der Waals surface area contributed by atoms with E-state index in [9.17, 15) is 10.5 Å². The van der Waals surface area contributed by atoms with E-state index in [0.29, 0.717) is 5.90 Å². The molecule has 0 aromatic carbocycles. The molecule has 0 aliphatic carbocycles. The first-order valence-corrected chi connectivity index (χ1v) is 6.44. The number of ether oxygens (including phenoxy) is 2. The highest BCUT2D eigenvalue weighted by Gasteiger charge is 2.67. The van der Waals surface area contributed by atoms with Crippen LogP contribution in [0.4, 0.5) is 0 Å². The van der Waals surface area contributed by atoms with E-state index < -0.39 is 22.7 Å². The van der Waals surface area contributed by atoms with Crippen molar-refractivity contribution in [2.45, 2.75) is 38.0 Å². The molecule has 4 aliphatic rings. The maximum atomic E-state index is 9.80. The quantitative estimate of drug-likeness (QED) is 0.629. The second-order valence-corrected chi connectivity index (χ2v) is 5.61. The molecular weight excluding hydrogens is 254 g/mol. The predicted molar refractivity (Wildman–Crippen MR) is 71.6 cm³/mol. The van der Waals surface area contributed by atoms with Gasteiger partial charge in [-0.1, -0.05) is 6.08 Å². The van der Waals surface area contributed by atoms with E-state index in [1.807, 2.05) is 20.8 Å². The Morgan fingerprint density at radius 1 is 1.30 bits per heavy atom. The molecule has 20 heavy (non-hydrogen) atoms. The Kier molecular flexibility index (Phi) is 2.26. The summed E-state index contributed by atoms with van der Waals surface area (Å²) in [5, 5.41) is 19.5. The second kappa shape index (κ2) is 3.50. The van der Waals surface area contributed by atoms with Gasteiger partial charge in [-0.25, -0.2) is 4.99 Å². The lowest BCUT2D eigenvalue weighted by atomic mass is 9.66. The molecule has 102 valence electrons. The molecular formula is C15H15N3O2. The van der Waals surface area contributed by atoms with Gasteiger partial charge in [-0.2, -0.15) is 10.5 Å². The van der Waals surface area contributed by atoms with Crippen molar-refractivity contribution in [3.8, 4) is 12.1 Å². The smallest absolute Gasteiger partial charge is 0.212 e. The topological polar surface area (TPSA) is 78.4 Å². The molecule has 0 N–H and O–H groups in total. The average molecular weight is 269 g/mol. The van der Waals surface area contributed by atoms with E-state index in [2.05, 4.69) is 17.1 Å². The summed E-state index contributed by atoms with van der Waals surface area (Å²) in [5.41, 5.74) is -1.38. The van der Waals surface area contributed by atoms with Gasteiger partial charge in [0, 0.05) is 0 Å². The van der Waals surface area contributed by atoms with Gasteiger partial charge in [-0.3, -0.25) is 0 Å². The third kappa shape index (κ3) is 1.02. The Labute approximate surface area is 117 Å². The van der Waals surface area contributed by atoms with Gasteiger partial charge >= 0.3 is 0 Å². The van der Waals surface area contributed by atoms with Crippen molar-refractivity contribution in [3.05, 3.63) is 23.3 Å². The van der Waals surface area contributed by atoms with Gasteiger partial charge in [0.15, 0.2) is 5.41 Å². The minimum absolute atomic E-state index is 0.331. The Morgan fingerprint density at radius 3 is 2.55 bits per heavy atom. The number of aliphatic imine (C=N–C) groups is 1. The number of hydrogen-bond acceptors (Lipinski definition) is 5. The molecule has 4 bridgehead atoms. The van der Waals surface area contributed by atoms with Crippen LogP contribution in [0.2, 0.25) is 0 Å². The zero-order valence-electron chi connectivity index (χ0n) is 11.9. The van der Waals surface area contributed by atoms with E-state index >= 15 is 0 Å². The summed E-state index contributed by atoms with van der Waals surface area (Å²) in [6.07, 6.45) is 2.97. The van der Waals surface area contributed by atoms with Crippen LogP contribution >= 0.6 is 0 Å².